The van der Waals surface area contributed by atoms with E-state index in [4.69, 9.17) is 0 Å². The van der Waals surface area contributed by atoms with Crippen LogP contribution in [0.25, 0.3) is 0 Å². The van der Waals surface area contributed by atoms with E-state index in [1.807, 2.05) is 0 Å². The third-order valence-electron chi connectivity index (χ3n) is 2.47. The Morgan fingerprint density at radius 2 is 1.59 bits per heavy atom. The number of aliphatic hydroxyl groups excluding tert-OH is 1. The van der Waals surface area contributed by atoms with Crippen LogP contribution in [0.15, 0.2) is 46.9 Å². The molecule has 0 bridgehead atoms. The predicted molar refractivity (Wildman–Crippen MR) is 64.6 cm³/mol. The van der Waals surface area contributed by atoms with E-state index in [0.717, 1.165) is 0 Å². The first-order valence-electron chi connectivity index (χ1n) is 4.97. The van der Waals surface area contributed by atoms with Gasteiger partial charge in [0, 0.05) is 5.56 Å². The summed E-state index contributed by atoms with van der Waals surface area (Å²) < 4.78 is 27.0. The summed E-state index contributed by atoms with van der Waals surface area (Å²) in [6, 6.07) is 11.3. The Hall–Kier alpha value is -1.26. The summed E-state index contributed by atoms with van der Waals surface area (Å²) in [6.45, 7) is 0. The summed E-state index contributed by atoms with van der Waals surface area (Å²) in [6.07, 6.45) is -1.17. The van der Waals surface area contributed by atoms with Crippen molar-refractivity contribution in [1.29, 1.82) is 0 Å². The molecule has 0 saturated heterocycles. The Morgan fingerprint density at radius 1 is 0.941 bits per heavy atom. The number of halogens is 3. The highest BCUT2D eigenvalue weighted by molar-refractivity contribution is 9.10. The Labute approximate surface area is 106 Å². The van der Waals surface area contributed by atoms with E-state index in [1.165, 1.54) is 12.1 Å². The van der Waals surface area contributed by atoms with Crippen LogP contribution in [0.3, 0.4) is 0 Å². The molecule has 0 aromatic heterocycles. The molecule has 0 amide bonds. The minimum Gasteiger partial charge on any atom is -0.384 e. The van der Waals surface area contributed by atoms with E-state index in [9.17, 15) is 13.9 Å². The predicted octanol–water partition coefficient (Wildman–Crippen LogP) is 3.81. The molecule has 1 N–H and O–H groups in total. The largest absolute Gasteiger partial charge is 0.384 e. The first-order chi connectivity index (χ1) is 8.11. The molecule has 2 rings (SSSR count). The second-order valence-electron chi connectivity index (χ2n) is 3.58. The molecule has 2 aromatic rings. The van der Waals surface area contributed by atoms with Crippen molar-refractivity contribution in [2.24, 2.45) is 0 Å². The van der Waals surface area contributed by atoms with Gasteiger partial charge in [-0.05, 0) is 27.6 Å². The third kappa shape index (κ3) is 2.37. The molecule has 4 heteroatoms. The summed E-state index contributed by atoms with van der Waals surface area (Å²) in [5.41, 5.74) is 0.449. The average molecular weight is 299 g/mol. The van der Waals surface area contributed by atoms with Gasteiger partial charge in [-0.2, -0.15) is 0 Å². The monoisotopic (exact) mass is 298 g/mol. The maximum atomic E-state index is 13.6. The molecular formula is C13H9BrF2O. The average Bonchev–Trinajstić information content (AvgIpc) is 2.36. The lowest BCUT2D eigenvalue weighted by molar-refractivity contribution is 0.213. The van der Waals surface area contributed by atoms with E-state index in [0.29, 0.717) is 5.56 Å². The maximum Gasteiger partial charge on any atom is 0.173 e. The SMILES string of the molecule is OC(c1ccccc1)c1ccc(Br)c(F)c1F. The van der Waals surface area contributed by atoms with Gasteiger partial charge >= 0.3 is 0 Å². The van der Waals surface area contributed by atoms with Crippen LogP contribution < -0.4 is 0 Å². The zero-order chi connectivity index (χ0) is 12.4. The van der Waals surface area contributed by atoms with Crippen molar-refractivity contribution >= 4 is 15.9 Å². The van der Waals surface area contributed by atoms with Gasteiger partial charge in [0.2, 0.25) is 0 Å². The van der Waals surface area contributed by atoms with Gasteiger partial charge in [-0.25, -0.2) is 8.78 Å². The number of hydrogen-bond donors (Lipinski definition) is 1. The lowest BCUT2D eigenvalue weighted by atomic mass is 10.0. The van der Waals surface area contributed by atoms with Crippen molar-refractivity contribution in [2.45, 2.75) is 6.10 Å². The van der Waals surface area contributed by atoms with Crippen LogP contribution in [0.4, 0.5) is 8.78 Å². The van der Waals surface area contributed by atoms with Gasteiger partial charge in [0.05, 0.1) is 4.47 Å². The Bertz CT molecular complexity index is 528. The zero-order valence-corrected chi connectivity index (χ0v) is 10.3. The van der Waals surface area contributed by atoms with Crippen molar-refractivity contribution in [1.82, 2.24) is 0 Å². The van der Waals surface area contributed by atoms with Crippen LogP contribution in [-0.2, 0) is 0 Å². The number of hydrogen-bond acceptors (Lipinski definition) is 1. The van der Waals surface area contributed by atoms with Crippen LogP contribution in [0.1, 0.15) is 17.2 Å². The molecule has 88 valence electrons. The summed E-state index contributed by atoms with van der Waals surface area (Å²) in [4.78, 5) is 0. The Morgan fingerprint density at radius 3 is 2.24 bits per heavy atom. The molecule has 0 fully saturated rings. The smallest absolute Gasteiger partial charge is 0.173 e. The summed E-state index contributed by atoms with van der Waals surface area (Å²) in [5.74, 6) is -2.02. The zero-order valence-electron chi connectivity index (χ0n) is 8.70. The Kier molecular flexibility index (Phi) is 3.54. The lowest BCUT2D eigenvalue weighted by Gasteiger charge is -2.13. The van der Waals surface area contributed by atoms with Crippen molar-refractivity contribution in [2.75, 3.05) is 0 Å². The molecule has 0 aliphatic rings. The Balaban J connectivity index is 2.45. The third-order valence-corrected chi connectivity index (χ3v) is 3.09. The second kappa shape index (κ2) is 4.94. The fourth-order valence-corrected chi connectivity index (χ4v) is 1.87. The molecule has 0 spiro atoms. The molecule has 2 aromatic carbocycles. The van der Waals surface area contributed by atoms with Crippen LogP contribution in [0, 0.1) is 11.6 Å². The van der Waals surface area contributed by atoms with Crippen LogP contribution in [0.5, 0.6) is 0 Å². The van der Waals surface area contributed by atoms with Crippen molar-refractivity contribution in [3.63, 3.8) is 0 Å². The van der Waals surface area contributed by atoms with Gasteiger partial charge in [0.25, 0.3) is 0 Å². The topological polar surface area (TPSA) is 20.2 Å². The molecule has 0 radical (unpaired) electrons. The molecule has 1 atom stereocenters. The van der Waals surface area contributed by atoms with Crippen LogP contribution >= 0.6 is 15.9 Å². The highest BCUT2D eigenvalue weighted by Gasteiger charge is 2.19. The molecule has 0 heterocycles. The van der Waals surface area contributed by atoms with Crippen molar-refractivity contribution in [3.8, 4) is 0 Å². The van der Waals surface area contributed by atoms with Gasteiger partial charge in [0.15, 0.2) is 11.6 Å². The lowest BCUT2D eigenvalue weighted by Crippen LogP contribution is -2.04. The normalized spacial score (nSPS) is 12.5. The second-order valence-corrected chi connectivity index (χ2v) is 4.43. The molecule has 0 aliphatic heterocycles. The highest BCUT2D eigenvalue weighted by atomic mass is 79.9. The van der Waals surface area contributed by atoms with Gasteiger partial charge in [0.1, 0.15) is 6.10 Å². The van der Waals surface area contributed by atoms with Gasteiger partial charge in [-0.3, -0.25) is 0 Å². The first kappa shape index (κ1) is 12.2. The molecule has 0 saturated carbocycles. The summed E-state index contributed by atoms with van der Waals surface area (Å²) in [7, 11) is 0. The fraction of sp³-hybridized carbons (Fsp3) is 0.0769. The minimum absolute atomic E-state index is 0.0408. The van der Waals surface area contributed by atoms with Crippen molar-refractivity contribution < 1.29 is 13.9 Å². The number of benzene rings is 2. The summed E-state index contributed by atoms with van der Waals surface area (Å²) >= 11 is 2.89. The molecule has 17 heavy (non-hydrogen) atoms. The number of rotatable bonds is 2. The molecule has 1 nitrogen and oxygen atoms in total. The highest BCUT2D eigenvalue weighted by Crippen LogP contribution is 2.28. The van der Waals surface area contributed by atoms with E-state index in [-0.39, 0.29) is 10.0 Å². The van der Waals surface area contributed by atoms with Gasteiger partial charge < -0.3 is 5.11 Å². The molecule has 0 aliphatic carbocycles. The van der Waals surface area contributed by atoms with E-state index in [2.05, 4.69) is 15.9 Å². The molecular weight excluding hydrogens is 290 g/mol. The standard InChI is InChI=1S/C13H9BrF2O/c14-10-7-6-9(11(15)12(10)16)13(17)8-4-2-1-3-5-8/h1-7,13,17H. The van der Waals surface area contributed by atoms with E-state index < -0.39 is 17.7 Å². The van der Waals surface area contributed by atoms with Crippen LogP contribution in [-0.4, -0.2) is 5.11 Å². The minimum atomic E-state index is -1.17. The first-order valence-corrected chi connectivity index (χ1v) is 5.77. The quantitative estimate of drug-likeness (QED) is 0.836. The van der Waals surface area contributed by atoms with Crippen molar-refractivity contribution in [3.05, 3.63) is 69.7 Å². The molecule has 1 unspecified atom stereocenters. The fourth-order valence-electron chi connectivity index (χ4n) is 1.57. The van der Waals surface area contributed by atoms with Gasteiger partial charge in [-0.15, -0.1) is 0 Å². The number of aliphatic hydroxyl groups is 1. The maximum absolute atomic E-state index is 13.6. The van der Waals surface area contributed by atoms with E-state index in [1.54, 1.807) is 30.3 Å². The summed E-state index contributed by atoms with van der Waals surface area (Å²) in [5, 5.41) is 9.97. The van der Waals surface area contributed by atoms with Gasteiger partial charge in [-0.1, -0.05) is 36.4 Å². The van der Waals surface area contributed by atoms with E-state index >= 15 is 0 Å². The van der Waals surface area contributed by atoms with Crippen LogP contribution in [0.2, 0.25) is 0 Å².